The SMILES string of the molecule is CC(C)CCCCCOC(=O)/C(C#N)=C/c1ccccc1-c1ccccc1. The van der Waals surface area contributed by atoms with E-state index in [1.54, 1.807) is 6.08 Å². The van der Waals surface area contributed by atoms with Crippen LogP contribution in [-0.4, -0.2) is 12.6 Å². The summed E-state index contributed by atoms with van der Waals surface area (Å²) in [5, 5.41) is 9.40. The molecule has 140 valence electrons. The van der Waals surface area contributed by atoms with Crippen molar-refractivity contribution in [2.75, 3.05) is 6.61 Å². The van der Waals surface area contributed by atoms with Crippen LogP contribution in [0.4, 0.5) is 0 Å². The van der Waals surface area contributed by atoms with Crippen molar-refractivity contribution in [1.82, 2.24) is 0 Å². The minimum absolute atomic E-state index is 0.0283. The highest BCUT2D eigenvalue weighted by Gasteiger charge is 2.12. The summed E-state index contributed by atoms with van der Waals surface area (Å²) in [6, 6.07) is 19.6. The molecule has 2 rings (SSSR count). The van der Waals surface area contributed by atoms with E-state index in [0.29, 0.717) is 12.5 Å². The van der Waals surface area contributed by atoms with Crippen molar-refractivity contribution in [3.8, 4) is 17.2 Å². The van der Waals surface area contributed by atoms with Gasteiger partial charge in [-0.05, 0) is 35.1 Å². The number of ether oxygens (including phenoxy) is 1. The van der Waals surface area contributed by atoms with Gasteiger partial charge in [-0.1, -0.05) is 87.7 Å². The van der Waals surface area contributed by atoms with Crippen molar-refractivity contribution < 1.29 is 9.53 Å². The zero-order valence-corrected chi connectivity index (χ0v) is 16.2. The number of rotatable bonds is 9. The molecule has 0 amide bonds. The van der Waals surface area contributed by atoms with Crippen LogP contribution in [0.25, 0.3) is 17.2 Å². The molecular formula is C24H27NO2. The number of carbonyl (C=O) groups excluding carboxylic acids is 1. The van der Waals surface area contributed by atoms with Gasteiger partial charge < -0.3 is 4.74 Å². The molecule has 2 aromatic rings. The van der Waals surface area contributed by atoms with Crippen molar-refractivity contribution in [1.29, 1.82) is 5.26 Å². The Morgan fingerprint density at radius 3 is 2.44 bits per heavy atom. The summed E-state index contributed by atoms with van der Waals surface area (Å²) in [6.07, 6.45) is 5.81. The molecule has 0 aliphatic heterocycles. The van der Waals surface area contributed by atoms with Crippen molar-refractivity contribution in [3.63, 3.8) is 0 Å². The molecule has 0 bridgehead atoms. The van der Waals surface area contributed by atoms with Crippen LogP contribution in [0.15, 0.2) is 60.2 Å². The number of esters is 1. The van der Waals surface area contributed by atoms with E-state index in [1.165, 1.54) is 6.42 Å². The lowest BCUT2D eigenvalue weighted by atomic mass is 9.98. The maximum absolute atomic E-state index is 12.3. The highest BCUT2D eigenvalue weighted by molar-refractivity contribution is 5.99. The predicted molar refractivity (Wildman–Crippen MR) is 110 cm³/mol. The summed E-state index contributed by atoms with van der Waals surface area (Å²) in [7, 11) is 0. The van der Waals surface area contributed by atoms with Gasteiger partial charge in [-0.2, -0.15) is 5.26 Å². The average molecular weight is 361 g/mol. The van der Waals surface area contributed by atoms with Gasteiger partial charge in [0, 0.05) is 0 Å². The summed E-state index contributed by atoms with van der Waals surface area (Å²) in [4.78, 5) is 12.3. The fourth-order valence-electron chi connectivity index (χ4n) is 2.87. The van der Waals surface area contributed by atoms with Gasteiger partial charge in [-0.25, -0.2) is 4.79 Å². The van der Waals surface area contributed by atoms with Gasteiger partial charge >= 0.3 is 5.97 Å². The topological polar surface area (TPSA) is 50.1 Å². The van der Waals surface area contributed by atoms with E-state index in [4.69, 9.17) is 4.74 Å². The number of carbonyl (C=O) groups is 1. The van der Waals surface area contributed by atoms with Crippen molar-refractivity contribution in [2.24, 2.45) is 5.92 Å². The first-order valence-corrected chi connectivity index (χ1v) is 9.55. The highest BCUT2D eigenvalue weighted by Crippen LogP contribution is 2.25. The molecule has 0 fully saturated rings. The summed E-state index contributed by atoms with van der Waals surface area (Å²) < 4.78 is 5.29. The lowest BCUT2D eigenvalue weighted by Crippen LogP contribution is -2.08. The number of benzene rings is 2. The Bertz CT molecular complexity index is 801. The lowest BCUT2D eigenvalue weighted by molar-refractivity contribution is -0.138. The van der Waals surface area contributed by atoms with Gasteiger partial charge in [-0.15, -0.1) is 0 Å². The Balaban J connectivity index is 2.02. The van der Waals surface area contributed by atoms with E-state index >= 15 is 0 Å². The third-order valence-corrected chi connectivity index (χ3v) is 4.34. The first-order valence-electron chi connectivity index (χ1n) is 9.55. The molecule has 0 atom stereocenters. The van der Waals surface area contributed by atoms with E-state index in [-0.39, 0.29) is 5.57 Å². The van der Waals surface area contributed by atoms with E-state index in [2.05, 4.69) is 13.8 Å². The van der Waals surface area contributed by atoms with Gasteiger partial charge in [-0.3, -0.25) is 0 Å². The highest BCUT2D eigenvalue weighted by atomic mass is 16.5. The van der Waals surface area contributed by atoms with E-state index in [0.717, 1.165) is 36.0 Å². The number of unbranched alkanes of at least 4 members (excludes halogenated alkanes) is 2. The Hall–Kier alpha value is -2.86. The minimum Gasteiger partial charge on any atom is -0.462 e. The van der Waals surface area contributed by atoms with E-state index in [1.807, 2.05) is 60.7 Å². The molecule has 2 aromatic carbocycles. The van der Waals surface area contributed by atoms with Crippen LogP contribution in [0, 0.1) is 17.2 Å². The van der Waals surface area contributed by atoms with Crippen LogP contribution in [-0.2, 0) is 9.53 Å². The normalized spacial score (nSPS) is 11.3. The predicted octanol–water partition coefficient (Wildman–Crippen LogP) is 6.02. The molecule has 0 aliphatic carbocycles. The maximum atomic E-state index is 12.3. The first-order chi connectivity index (χ1) is 13.1. The molecule has 0 radical (unpaired) electrons. The molecule has 0 heterocycles. The zero-order valence-electron chi connectivity index (χ0n) is 16.2. The number of hydrogen-bond acceptors (Lipinski definition) is 3. The molecule has 27 heavy (non-hydrogen) atoms. The van der Waals surface area contributed by atoms with E-state index in [9.17, 15) is 10.1 Å². The minimum atomic E-state index is -0.552. The van der Waals surface area contributed by atoms with Crippen LogP contribution in [0.2, 0.25) is 0 Å². The van der Waals surface area contributed by atoms with Crippen LogP contribution < -0.4 is 0 Å². The summed E-state index contributed by atoms with van der Waals surface area (Å²) in [5.74, 6) is 0.148. The largest absolute Gasteiger partial charge is 0.462 e. The Morgan fingerprint density at radius 2 is 1.74 bits per heavy atom. The van der Waals surface area contributed by atoms with Gasteiger partial charge in [0.05, 0.1) is 6.61 Å². The van der Waals surface area contributed by atoms with Crippen LogP contribution in [0.5, 0.6) is 0 Å². The second-order valence-corrected chi connectivity index (χ2v) is 7.00. The third-order valence-electron chi connectivity index (χ3n) is 4.34. The molecule has 0 unspecified atom stereocenters. The second-order valence-electron chi connectivity index (χ2n) is 7.00. The van der Waals surface area contributed by atoms with Crippen molar-refractivity contribution in [3.05, 3.63) is 65.7 Å². The molecule has 0 N–H and O–H groups in total. The molecule has 0 spiro atoms. The molecule has 0 saturated carbocycles. The van der Waals surface area contributed by atoms with Crippen molar-refractivity contribution >= 4 is 12.0 Å². The number of nitrogens with zero attached hydrogens (tertiary/aromatic N) is 1. The fourth-order valence-corrected chi connectivity index (χ4v) is 2.87. The van der Waals surface area contributed by atoms with Crippen molar-refractivity contribution in [2.45, 2.75) is 39.5 Å². The first kappa shape index (κ1) is 20.5. The quantitative estimate of drug-likeness (QED) is 0.237. The lowest BCUT2D eigenvalue weighted by Gasteiger charge is -2.08. The Morgan fingerprint density at radius 1 is 1.04 bits per heavy atom. The van der Waals surface area contributed by atoms with E-state index < -0.39 is 5.97 Å². The summed E-state index contributed by atoms with van der Waals surface area (Å²) >= 11 is 0. The van der Waals surface area contributed by atoms with Gasteiger partial charge in [0.25, 0.3) is 0 Å². The summed E-state index contributed by atoms with van der Waals surface area (Å²) in [5.41, 5.74) is 2.88. The Kier molecular flexibility index (Phi) is 8.32. The Labute approximate surface area is 162 Å². The smallest absolute Gasteiger partial charge is 0.348 e. The number of nitriles is 1. The fraction of sp³-hybridized carbons (Fsp3) is 0.333. The van der Waals surface area contributed by atoms with Crippen LogP contribution >= 0.6 is 0 Å². The zero-order chi connectivity index (χ0) is 19.5. The number of hydrogen-bond donors (Lipinski definition) is 0. The second kappa shape index (κ2) is 11.0. The molecular weight excluding hydrogens is 334 g/mol. The molecule has 0 aromatic heterocycles. The van der Waals surface area contributed by atoms with Gasteiger partial charge in [0.1, 0.15) is 11.6 Å². The molecule has 0 aliphatic rings. The third kappa shape index (κ3) is 6.75. The molecule has 3 nitrogen and oxygen atoms in total. The standard InChI is InChI=1S/C24H27NO2/c1-19(2)11-5-4-10-16-27-24(26)22(18-25)17-21-14-8-9-15-23(21)20-12-6-3-7-13-20/h3,6-9,12-15,17,19H,4-5,10-11,16H2,1-2H3/b22-17+. The molecule has 3 heteroatoms. The molecule has 0 saturated heterocycles. The van der Waals surface area contributed by atoms with Gasteiger partial charge in [0.2, 0.25) is 0 Å². The van der Waals surface area contributed by atoms with Crippen LogP contribution in [0.3, 0.4) is 0 Å². The summed E-state index contributed by atoms with van der Waals surface area (Å²) in [6.45, 7) is 4.77. The monoisotopic (exact) mass is 361 g/mol. The average Bonchev–Trinajstić information content (AvgIpc) is 2.69. The van der Waals surface area contributed by atoms with Gasteiger partial charge in [0.15, 0.2) is 0 Å². The maximum Gasteiger partial charge on any atom is 0.348 e. The van der Waals surface area contributed by atoms with Crippen LogP contribution in [0.1, 0.15) is 45.1 Å².